The van der Waals surface area contributed by atoms with E-state index in [9.17, 15) is 9.59 Å². The Bertz CT molecular complexity index is 1040. The third-order valence-corrected chi connectivity index (χ3v) is 5.98. The van der Waals surface area contributed by atoms with E-state index in [-0.39, 0.29) is 17.7 Å². The normalized spacial score (nSPS) is 22.0. The third kappa shape index (κ3) is 4.47. The average molecular weight is 436 g/mol. The van der Waals surface area contributed by atoms with Crippen LogP contribution in [0.4, 0.5) is 0 Å². The van der Waals surface area contributed by atoms with Crippen LogP contribution in [0.5, 0.6) is 11.5 Å². The first-order valence-corrected chi connectivity index (χ1v) is 11.1. The van der Waals surface area contributed by atoms with Gasteiger partial charge in [-0.1, -0.05) is 43.3 Å². The predicted octanol–water partition coefficient (Wildman–Crippen LogP) is 3.45. The summed E-state index contributed by atoms with van der Waals surface area (Å²) in [5.74, 6) is 0.621. The van der Waals surface area contributed by atoms with E-state index in [1.54, 1.807) is 11.1 Å². The summed E-state index contributed by atoms with van der Waals surface area (Å²) in [6.45, 7) is 6.67. The SMILES string of the molecule is CCC1=NN(Cc2ccccc2C)C(=O)[C@@H]1CCNC(=O)[C@H]1Oc2ccccc2O[C@@H]1C. The molecule has 0 spiro atoms. The number of hydrogen-bond acceptors (Lipinski definition) is 5. The number of hydrogen-bond donors (Lipinski definition) is 1. The molecule has 0 saturated heterocycles. The van der Waals surface area contributed by atoms with Gasteiger partial charge in [-0.3, -0.25) is 9.59 Å². The number of aryl methyl sites for hydroxylation is 1. The summed E-state index contributed by atoms with van der Waals surface area (Å²) in [6, 6.07) is 15.3. The van der Waals surface area contributed by atoms with Gasteiger partial charge in [0.05, 0.1) is 18.2 Å². The van der Waals surface area contributed by atoms with Gasteiger partial charge in [-0.25, -0.2) is 5.01 Å². The standard InChI is InChI=1S/C25H29N3O4/c1-4-20-19(25(30)28(27-20)15-18-10-6-5-9-16(18)2)13-14-26-24(29)23-17(3)31-21-11-7-8-12-22(21)32-23/h5-12,17,19,23H,4,13-15H2,1-3H3,(H,26,29)/t17-,19-,23+/m1/s1. The molecule has 4 rings (SSSR count). The maximum atomic E-state index is 13.0. The highest BCUT2D eigenvalue weighted by Crippen LogP contribution is 2.33. The van der Waals surface area contributed by atoms with Crippen LogP contribution >= 0.6 is 0 Å². The molecule has 2 heterocycles. The highest BCUT2D eigenvalue weighted by molar-refractivity contribution is 6.07. The molecule has 2 amide bonds. The molecule has 0 aliphatic carbocycles. The van der Waals surface area contributed by atoms with Gasteiger partial charge in [-0.05, 0) is 49.9 Å². The molecule has 3 atom stereocenters. The number of carbonyl (C=O) groups excluding carboxylic acids is 2. The maximum absolute atomic E-state index is 13.0. The van der Waals surface area contributed by atoms with Gasteiger partial charge in [-0.2, -0.15) is 5.10 Å². The molecule has 1 N–H and O–H groups in total. The summed E-state index contributed by atoms with van der Waals surface area (Å²) in [5.41, 5.74) is 3.07. The van der Waals surface area contributed by atoms with Crippen molar-refractivity contribution in [1.29, 1.82) is 0 Å². The average Bonchev–Trinajstić information content (AvgIpc) is 3.09. The molecule has 2 aliphatic rings. The predicted molar refractivity (Wildman–Crippen MR) is 122 cm³/mol. The first-order chi connectivity index (χ1) is 15.5. The number of nitrogens with one attached hydrogen (secondary N) is 1. The molecule has 0 unspecified atom stereocenters. The van der Waals surface area contributed by atoms with Crippen LogP contribution in [-0.4, -0.2) is 41.3 Å². The van der Waals surface area contributed by atoms with E-state index in [4.69, 9.17) is 9.47 Å². The molecule has 32 heavy (non-hydrogen) atoms. The fourth-order valence-electron chi connectivity index (χ4n) is 4.11. The molecule has 168 valence electrons. The lowest BCUT2D eigenvalue weighted by Crippen LogP contribution is -2.49. The van der Waals surface area contributed by atoms with E-state index in [1.165, 1.54) is 0 Å². The number of fused-ring (bicyclic) bond motifs is 1. The monoisotopic (exact) mass is 435 g/mol. The van der Waals surface area contributed by atoms with Gasteiger partial charge in [0.15, 0.2) is 11.5 Å². The molecule has 0 radical (unpaired) electrons. The third-order valence-electron chi connectivity index (χ3n) is 5.98. The molecule has 0 saturated carbocycles. The van der Waals surface area contributed by atoms with Gasteiger partial charge >= 0.3 is 0 Å². The summed E-state index contributed by atoms with van der Waals surface area (Å²) < 4.78 is 11.7. The number of benzene rings is 2. The summed E-state index contributed by atoms with van der Waals surface area (Å²) in [5, 5.41) is 9.04. The Morgan fingerprint density at radius 2 is 1.78 bits per heavy atom. The molecule has 0 aromatic heterocycles. The van der Waals surface area contributed by atoms with E-state index in [2.05, 4.69) is 10.4 Å². The molecule has 0 fully saturated rings. The number of rotatable bonds is 7. The lowest BCUT2D eigenvalue weighted by molar-refractivity contribution is -0.135. The minimum absolute atomic E-state index is 0.0149. The van der Waals surface area contributed by atoms with Crippen LogP contribution in [0.3, 0.4) is 0 Å². The second-order valence-electron chi connectivity index (χ2n) is 8.21. The molecular weight excluding hydrogens is 406 g/mol. The number of para-hydroxylation sites is 2. The second kappa shape index (κ2) is 9.42. The molecule has 0 bridgehead atoms. The van der Waals surface area contributed by atoms with Crippen molar-refractivity contribution in [3.05, 3.63) is 59.7 Å². The van der Waals surface area contributed by atoms with Gasteiger partial charge in [0, 0.05) is 6.54 Å². The molecular formula is C25H29N3O4. The lowest BCUT2D eigenvalue weighted by atomic mass is 9.97. The minimum Gasteiger partial charge on any atom is -0.482 e. The van der Waals surface area contributed by atoms with Crippen molar-refractivity contribution in [3.8, 4) is 11.5 Å². The van der Waals surface area contributed by atoms with E-state index in [1.807, 2.05) is 63.2 Å². The summed E-state index contributed by atoms with van der Waals surface area (Å²) in [7, 11) is 0. The minimum atomic E-state index is -0.735. The van der Waals surface area contributed by atoms with Crippen molar-refractivity contribution in [2.24, 2.45) is 11.0 Å². The first kappa shape index (κ1) is 21.9. The molecule has 2 aliphatic heterocycles. The lowest BCUT2D eigenvalue weighted by Gasteiger charge is -2.31. The molecule has 7 nitrogen and oxygen atoms in total. The van der Waals surface area contributed by atoms with Crippen molar-refractivity contribution >= 4 is 17.5 Å². The van der Waals surface area contributed by atoms with Crippen molar-refractivity contribution in [2.75, 3.05) is 6.54 Å². The Morgan fingerprint density at radius 1 is 1.09 bits per heavy atom. The fraction of sp³-hybridized carbons (Fsp3) is 0.400. The number of hydrazone groups is 1. The molecule has 2 aromatic rings. The highest BCUT2D eigenvalue weighted by Gasteiger charge is 2.36. The summed E-state index contributed by atoms with van der Waals surface area (Å²) in [4.78, 5) is 25.7. The van der Waals surface area contributed by atoms with Crippen LogP contribution < -0.4 is 14.8 Å². The van der Waals surface area contributed by atoms with Gasteiger partial charge in [-0.15, -0.1) is 0 Å². The Balaban J connectivity index is 1.33. The van der Waals surface area contributed by atoms with Gasteiger partial charge < -0.3 is 14.8 Å². The Hall–Kier alpha value is -3.35. The van der Waals surface area contributed by atoms with Gasteiger partial charge in [0.25, 0.3) is 11.8 Å². The van der Waals surface area contributed by atoms with Crippen LogP contribution in [0, 0.1) is 12.8 Å². The number of amides is 2. The van der Waals surface area contributed by atoms with Crippen molar-refractivity contribution in [3.63, 3.8) is 0 Å². The van der Waals surface area contributed by atoms with E-state index in [0.717, 1.165) is 16.8 Å². The van der Waals surface area contributed by atoms with Gasteiger partial charge in [0.1, 0.15) is 6.10 Å². The zero-order valence-electron chi connectivity index (χ0n) is 18.7. The number of ether oxygens (including phenoxy) is 2. The zero-order valence-corrected chi connectivity index (χ0v) is 18.7. The second-order valence-corrected chi connectivity index (χ2v) is 8.21. The zero-order chi connectivity index (χ0) is 22.7. The van der Waals surface area contributed by atoms with E-state index in [0.29, 0.717) is 37.4 Å². The molecule has 7 heteroatoms. The van der Waals surface area contributed by atoms with Gasteiger partial charge in [0.2, 0.25) is 6.10 Å². The van der Waals surface area contributed by atoms with Crippen LogP contribution in [0.25, 0.3) is 0 Å². The fourth-order valence-corrected chi connectivity index (χ4v) is 4.11. The number of nitrogens with zero attached hydrogens (tertiary/aromatic N) is 2. The van der Waals surface area contributed by atoms with Crippen molar-refractivity contribution in [2.45, 2.75) is 52.4 Å². The quantitative estimate of drug-likeness (QED) is 0.722. The first-order valence-electron chi connectivity index (χ1n) is 11.1. The Labute approximate surface area is 188 Å². The Kier molecular flexibility index (Phi) is 6.44. The smallest absolute Gasteiger partial charge is 0.265 e. The van der Waals surface area contributed by atoms with Crippen LogP contribution in [0.1, 0.15) is 37.8 Å². The van der Waals surface area contributed by atoms with Crippen LogP contribution in [0.15, 0.2) is 53.6 Å². The highest BCUT2D eigenvalue weighted by atomic mass is 16.6. The summed E-state index contributed by atoms with van der Waals surface area (Å²) >= 11 is 0. The van der Waals surface area contributed by atoms with Crippen molar-refractivity contribution < 1.29 is 19.1 Å². The molecule has 2 aromatic carbocycles. The Morgan fingerprint density at radius 3 is 2.50 bits per heavy atom. The van der Waals surface area contributed by atoms with E-state index >= 15 is 0 Å². The van der Waals surface area contributed by atoms with Crippen LogP contribution in [0.2, 0.25) is 0 Å². The number of carbonyl (C=O) groups is 2. The van der Waals surface area contributed by atoms with E-state index < -0.39 is 12.2 Å². The maximum Gasteiger partial charge on any atom is 0.265 e. The largest absolute Gasteiger partial charge is 0.482 e. The van der Waals surface area contributed by atoms with Crippen molar-refractivity contribution in [1.82, 2.24) is 10.3 Å². The topological polar surface area (TPSA) is 80.2 Å². The summed E-state index contributed by atoms with van der Waals surface area (Å²) in [6.07, 6.45) is 0.0543. The van der Waals surface area contributed by atoms with Crippen LogP contribution in [-0.2, 0) is 16.1 Å².